The Bertz CT molecular complexity index is 1820. The number of aliphatic carboxylic acids is 2. The Hall–Kier alpha value is -6.12. The van der Waals surface area contributed by atoms with Gasteiger partial charge in [-0.15, -0.1) is 0 Å². The summed E-state index contributed by atoms with van der Waals surface area (Å²) in [5.41, 5.74) is -4.57. The molecule has 0 saturated heterocycles. The van der Waals surface area contributed by atoms with Crippen molar-refractivity contribution in [2.24, 2.45) is 0 Å². The molecule has 0 bridgehead atoms. The monoisotopic (exact) mass is 567 g/mol. The molecule has 0 amide bonds. The van der Waals surface area contributed by atoms with Gasteiger partial charge in [0, 0.05) is 34.2 Å². The van der Waals surface area contributed by atoms with Crippen molar-refractivity contribution in [3.05, 3.63) is 63.3 Å². The van der Waals surface area contributed by atoms with Crippen molar-refractivity contribution in [3.63, 3.8) is 0 Å². The molecule has 4 rings (SSSR count). The van der Waals surface area contributed by atoms with Gasteiger partial charge in [-0.3, -0.25) is 14.4 Å². The quantitative estimate of drug-likeness (QED) is 0.143. The Kier molecular flexibility index (Phi) is 6.95. The molecule has 0 unspecified atom stereocenters. The molecule has 2 aromatic rings. The summed E-state index contributed by atoms with van der Waals surface area (Å²) in [6, 6.07) is 5.08. The van der Waals surface area contributed by atoms with E-state index in [1.54, 1.807) is 0 Å². The van der Waals surface area contributed by atoms with Gasteiger partial charge in [-0.1, -0.05) is 0 Å². The predicted octanol–water partition coefficient (Wildman–Crippen LogP) is 2.05. The maximum atomic E-state index is 12.4. The largest absolute Gasteiger partial charge is 0.507 e. The van der Waals surface area contributed by atoms with Crippen molar-refractivity contribution in [1.29, 1.82) is 0 Å². The first-order valence-electron chi connectivity index (χ1n) is 11.2. The lowest BCUT2D eigenvalue weighted by Crippen LogP contribution is -2.34. The summed E-state index contributed by atoms with van der Waals surface area (Å²) in [6.45, 7) is -1.88. The molecule has 1 heterocycles. The molecule has 0 saturated carbocycles. The Morgan fingerprint density at radius 3 is 1.78 bits per heavy atom. The number of rotatable bonds is 9. The number of aromatic carboxylic acids is 3. The van der Waals surface area contributed by atoms with Crippen LogP contribution in [0.25, 0.3) is 33.4 Å². The molecule has 15 heteroatoms. The molecule has 210 valence electrons. The van der Waals surface area contributed by atoms with Crippen molar-refractivity contribution in [3.8, 4) is 33.9 Å². The Labute approximate surface area is 226 Å². The molecule has 0 radical (unpaired) electrons. The molecular weight excluding hydrogens is 550 g/mol. The number of fused-ring (bicyclic) bond motifs is 2. The average molecular weight is 567 g/mol. The van der Waals surface area contributed by atoms with E-state index in [1.165, 1.54) is 0 Å². The number of benzene rings is 3. The highest BCUT2D eigenvalue weighted by molar-refractivity contribution is 6.11. The van der Waals surface area contributed by atoms with Crippen molar-refractivity contribution < 1.29 is 64.1 Å². The second-order valence-electron chi connectivity index (χ2n) is 8.63. The first-order valence-corrected chi connectivity index (χ1v) is 11.2. The van der Waals surface area contributed by atoms with E-state index in [1.807, 2.05) is 0 Å². The third kappa shape index (κ3) is 5.14. The van der Waals surface area contributed by atoms with Crippen LogP contribution in [-0.2, 0) is 9.59 Å². The highest BCUT2D eigenvalue weighted by Crippen LogP contribution is 2.45. The molecule has 7 N–H and O–H groups in total. The standard InChI is InChI=1S/C26H17NO14/c28-16-5-19-13(1-11(16)25(37)38)23(14-2-12(26(39)40)17(29)6-20(14)41-19)9-4-18(30)15(3-10(9)24(35)36)27(7-21(31)32)8-22(33)34/h1-6,28,30H,7-8H2,(H,31,32)(H,33,34)(H,35,36)(H,37,38)(H,39,40). The Balaban J connectivity index is 2.19. The maximum Gasteiger partial charge on any atom is 0.339 e. The lowest BCUT2D eigenvalue weighted by molar-refractivity contribution is -0.136. The van der Waals surface area contributed by atoms with Crippen LogP contribution < -0.4 is 10.3 Å². The molecule has 0 atom stereocenters. The highest BCUT2D eigenvalue weighted by atomic mass is 16.4. The summed E-state index contributed by atoms with van der Waals surface area (Å²) >= 11 is 0. The van der Waals surface area contributed by atoms with E-state index in [-0.39, 0.29) is 33.4 Å². The fourth-order valence-electron chi connectivity index (χ4n) is 4.35. The highest BCUT2D eigenvalue weighted by Gasteiger charge is 2.28. The number of hydrogen-bond donors (Lipinski definition) is 7. The van der Waals surface area contributed by atoms with Gasteiger partial charge in [-0.25, -0.2) is 14.4 Å². The molecule has 41 heavy (non-hydrogen) atoms. The second kappa shape index (κ2) is 10.2. The van der Waals surface area contributed by atoms with E-state index in [9.17, 15) is 64.5 Å². The number of carboxylic acids is 5. The fourth-order valence-corrected chi connectivity index (χ4v) is 4.35. The van der Waals surface area contributed by atoms with E-state index in [0.717, 1.165) is 36.4 Å². The van der Waals surface area contributed by atoms with Crippen molar-refractivity contribution in [1.82, 2.24) is 0 Å². The normalized spacial score (nSPS) is 10.9. The van der Waals surface area contributed by atoms with Gasteiger partial charge in [0.25, 0.3) is 0 Å². The average Bonchev–Trinajstić information content (AvgIpc) is 2.85. The van der Waals surface area contributed by atoms with E-state index in [4.69, 9.17) is 4.42 Å². The van der Waals surface area contributed by atoms with Crippen molar-refractivity contribution in [2.75, 3.05) is 18.0 Å². The number of phenolic OH excluding ortho intramolecular Hbond substituents is 1. The smallest absolute Gasteiger partial charge is 0.339 e. The first-order chi connectivity index (χ1) is 19.2. The summed E-state index contributed by atoms with van der Waals surface area (Å²) in [6.07, 6.45) is 0. The van der Waals surface area contributed by atoms with Crippen LogP contribution in [0, 0.1) is 0 Å². The molecular formula is C26H17NO14. The molecule has 0 aromatic heterocycles. The van der Waals surface area contributed by atoms with Crippen LogP contribution in [-0.4, -0.2) is 78.7 Å². The zero-order valence-electron chi connectivity index (χ0n) is 20.3. The van der Waals surface area contributed by atoms with E-state index < -0.39 is 82.2 Å². The predicted molar refractivity (Wildman–Crippen MR) is 136 cm³/mol. The number of carboxylic acid groups (broad SMARTS) is 5. The third-order valence-corrected chi connectivity index (χ3v) is 6.01. The minimum atomic E-state index is -1.66. The number of phenols is 2. The SMILES string of the molecule is O=C(O)CN(CC(=O)O)c1cc(C(=O)O)c(-c2c3cc(C(=O)O)c(=O)cc-3oc3cc(O)c(C(=O)O)cc23)cc1O. The van der Waals surface area contributed by atoms with Crippen LogP contribution in [0.15, 0.2) is 45.6 Å². The summed E-state index contributed by atoms with van der Waals surface area (Å²) in [4.78, 5) is 71.6. The lowest BCUT2D eigenvalue weighted by atomic mass is 9.88. The van der Waals surface area contributed by atoms with Gasteiger partial charge in [0.05, 0.1) is 11.3 Å². The first kappa shape index (κ1) is 27.9. The molecule has 2 aliphatic rings. The van der Waals surface area contributed by atoms with Crippen molar-refractivity contribution in [2.45, 2.75) is 0 Å². The Morgan fingerprint density at radius 2 is 1.24 bits per heavy atom. The molecule has 2 aromatic carbocycles. The molecule has 15 nitrogen and oxygen atoms in total. The summed E-state index contributed by atoms with van der Waals surface area (Å²) < 4.78 is 5.62. The van der Waals surface area contributed by atoms with E-state index in [2.05, 4.69) is 0 Å². The van der Waals surface area contributed by atoms with Gasteiger partial charge < -0.3 is 45.1 Å². The third-order valence-electron chi connectivity index (χ3n) is 6.01. The van der Waals surface area contributed by atoms with Crippen molar-refractivity contribution >= 4 is 46.5 Å². The number of aromatic hydroxyl groups is 2. The molecule has 1 aliphatic heterocycles. The van der Waals surface area contributed by atoms with Gasteiger partial charge in [0.1, 0.15) is 47.1 Å². The lowest BCUT2D eigenvalue weighted by Gasteiger charge is -2.24. The summed E-state index contributed by atoms with van der Waals surface area (Å²) in [7, 11) is 0. The summed E-state index contributed by atoms with van der Waals surface area (Å²) in [5.74, 6) is -9.72. The van der Waals surface area contributed by atoms with E-state index >= 15 is 0 Å². The second-order valence-corrected chi connectivity index (χ2v) is 8.63. The molecule has 0 spiro atoms. The number of nitrogens with zero attached hydrogens (tertiary/aromatic N) is 1. The van der Waals surface area contributed by atoms with Gasteiger partial charge >= 0.3 is 29.8 Å². The van der Waals surface area contributed by atoms with Gasteiger partial charge in [0.2, 0.25) is 0 Å². The summed E-state index contributed by atoms with van der Waals surface area (Å²) in [5, 5.41) is 68.4. The minimum absolute atomic E-state index is 0.176. The number of carbonyl (C=O) groups is 5. The van der Waals surface area contributed by atoms with Crippen LogP contribution in [0.1, 0.15) is 31.1 Å². The van der Waals surface area contributed by atoms with Crippen LogP contribution >= 0.6 is 0 Å². The topological polar surface area (TPSA) is 260 Å². The molecule has 0 fully saturated rings. The van der Waals surface area contributed by atoms with Crippen LogP contribution in [0.3, 0.4) is 0 Å². The fraction of sp³-hybridized carbons (Fsp3) is 0.0769. The van der Waals surface area contributed by atoms with Crippen LogP contribution in [0.2, 0.25) is 0 Å². The van der Waals surface area contributed by atoms with E-state index in [0.29, 0.717) is 4.90 Å². The number of hydrogen-bond acceptors (Lipinski definition) is 10. The zero-order valence-corrected chi connectivity index (χ0v) is 20.3. The maximum absolute atomic E-state index is 12.4. The Morgan fingerprint density at radius 1 is 0.659 bits per heavy atom. The van der Waals surface area contributed by atoms with Gasteiger partial charge in [0.15, 0.2) is 5.43 Å². The number of anilines is 1. The van der Waals surface area contributed by atoms with Crippen LogP contribution in [0.5, 0.6) is 11.5 Å². The zero-order chi connectivity index (χ0) is 30.3. The van der Waals surface area contributed by atoms with Gasteiger partial charge in [-0.2, -0.15) is 0 Å². The molecule has 1 aliphatic carbocycles. The van der Waals surface area contributed by atoms with Crippen LogP contribution in [0.4, 0.5) is 5.69 Å². The van der Waals surface area contributed by atoms with Gasteiger partial charge in [-0.05, 0) is 24.3 Å². The minimum Gasteiger partial charge on any atom is -0.507 e.